The molecule has 0 amide bonds. The molecule has 90 valence electrons. The Morgan fingerprint density at radius 2 is 2.18 bits per heavy atom. The number of nitrogens with zero attached hydrogens (tertiary/aromatic N) is 3. The van der Waals surface area contributed by atoms with Gasteiger partial charge < -0.3 is 0 Å². The molecule has 0 N–H and O–H groups in total. The zero-order valence-corrected chi connectivity index (χ0v) is 10.6. The Morgan fingerprint density at radius 1 is 1.47 bits per heavy atom. The summed E-state index contributed by atoms with van der Waals surface area (Å²) in [5.41, 5.74) is 1.24. The van der Waals surface area contributed by atoms with E-state index in [0.717, 1.165) is 25.9 Å². The Hall–Kier alpha value is -1.40. The molecule has 1 aromatic rings. The largest absolute Gasteiger partial charge is 0.293 e. The Balaban J connectivity index is 2.13. The highest BCUT2D eigenvalue weighted by atomic mass is 15.2. The summed E-state index contributed by atoms with van der Waals surface area (Å²) in [6.45, 7) is 6.35. The molecule has 1 saturated heterocycles. The Morgan fingerprint density at radius 3 is 2.82 bits per heavy atom. The van der Waals surface area contributed by atoms with Crippen LogP contribution < -0.4 is 0 Å². The van der Waals surface area contributed by atoms with Gasteiger partial charge in [-0.25, -0.2) is 0 Å². The molecule has 3 heteroatoms. The quantitative estimate of drug-likeness (QED) is 0.782. The first-order chi connectivity index (χ1) is 8.14. The van der Waals surface area contributed by atoms with Crippen molar-refractivity contribution in [1.82, 2.24) is 9.88 Å². The summed E-state index contributed by atoms with van der Waals surface area (Å²) in [6, 6.07) is 6.55. The van der Waals surface area contributed by atoms with Crippen molar-refractivity contribution in [2.75, 3.05) is 6.54 Å². The first-order valence-corrected chi connectivity index (χ1v) is 6.18. The normalized spacial score (nSPS) is 24.2. The average molecular weight is 229 g/mol. The topological polar surface area (TPSA) is 39.9 Å². The zero-order valence-electron chi connectivity index (χ0n) is 10.6. The summed E-state index contributed by atoms with van der Waals surface area (Å²) < 4.78 is 0. The maximum Gasteiger partial charge on any atom is 0.0675 e. The highest BCUT2D eigenvalue weighted by Gasteiger charge is 2.38. The van der Waals surface area contributed by atoms with Crippen molar-refractivity contribution in [2.24, 2.45) is 5.92 Å². The molecule has 1 atom stereocenters. The van der Waals surface area contributed by atoms with E-state index >= 15 is 0 Å². The lowest BCUT2D eigenvalue weighted by molar-refractivity contribution is 0.0381. The lowest BCUT2D eigenvalue weighted by atomic mass is 9.80. The number of likely N-dealkylation sites (tertiary alicyclic amines) is 1. The second kappa shape index (κ2) is 4.85. The van der Waals surface area contributed by atoms with E-state index in [2.05, 4.69) is 29.8 Å². The summed E-state index contributed by atoms with van der Waals surface area (Å²) in [5, 5.41) is 9.22. The maximum absolute atomic E-state index is 9.22. The van der Waals surface area contributed by atoms with Crippen molar-refractivity contribution in [3.63, 3.8) is 0 Å². The Bertz CT molecular complexity index is 405. The van der Waals surface area contributed by atoms with Crippen molar-refractivity contribution in [2.45, 2.75) is 38.8 Å². The van der Waals surface area contributed by atoms with Crippen LogP contribution in [0.15, 0.2) is 24.5 Å². The number of pyridine rings is 1. The molecule has 1 fully saturated rings. The predicted octanol–water partition coefficient (Wildman–Crippen LogP) is 2.60. The molecule has 1 unspecified atom stereocenters. The van der Waals surface area contributed by atoms with Crippen LogP contribution in [0.1, 0.15) is 32.3 Å². The van der Waals surface area contributed by atoms with Gasteiger partial charge in [0.25, 0.3) is 0 Å². The monoisotopic (exact) mass is 229 g/mol. The van der Waals surface area contributed by atoms with Gasteiger partial charge in [0.1, 0.15) is 0 Å². The molecule has 17 heavy (non-hydrogen) atoms. The predicted molar refractivity (Wildman–Crippen MR) is 67.1 cm³/mol. The highest BCUT2D eigenvalue weighted by Crippen LogP contribution is 2.33. The third kappa shape index (κ3) is 2.48. The molecule has 0 radical (unpaired) electrons. The van der Waals surface area contributed by atoms with Gasteiger partial charge in [0, 0.05) is 24.5 Å². The van der Waals surface area contributed by atoms with Crippen molar-refractivity contribution >= 4 is 0 Å². The number of hydrogen-bond donors (Lipinski definition) is 0. The standard InChI is InChI=1S/C14H19N3/c1-14(2)13(10-15)4-3-9-17(14)11-12-5-7-16-8-6-12/h5-8,13H,3-4,9,11H2,1-2H3. The lowest BCUT2D eigenvalue weighted by Gasteiger charge is -2.45. The van der Waals surface area contributed by atoms with E-state index in [1.807, 2.05) is 24.5 Å². The third-order valence-corrected chi connectivity index (χ3v) is 3.87. The Kier molecular flexibility index (Phi) is 3.44. The second-order valence-electron chi connectivity index (χ2n) is 5.25. The molecule has 0 saturated carbocycles. The first-order valence-electron chi connectivity index (χ1n) is 6.18. The summed E-state index contributed by atoms with van der Waals surface area (Å²) in [5.74, 6) is 0.137. The van der Waals surface area contributed by atoms with Gasteiger partial charge in [-0.05, 0) is 50.9 Å². The minimum absolute atomic E-state index is 0.0315. The van der Waals surface area contributed by atoms with Gasteiger partial charge in [-0.1, -0.05) is 0 Å². The fourth-order valence-electron chi connectivity index (χ4n) is 2.56. The molecule has 1 aliphatic heterocycles. The van der Waals surface area contributed by atoms with Crippen LogP contribution in [-0.2, 0) is 6.54 Å². The zero-order chi connectivity index (χ0) is 12.3. The van der Waals surface area contributed by atoms with Crippen LogP contribution in [0.5, 0.6) is 0 Å². The third-order valence-electron chi connectivity index (χ3n) is 3.87. The summed E-state index contributed by atoms with van der Waals surface area (Å²) in [6.07, 6.45) is 5.80. The van der Waals surface area contributed by atoms with Crippen LogP contribution >= 0.6 is 0 Å². The van der Waals surface area contributed by atoms with Crippen LogP contribution in [0, 0.1) is 17.2 Å². The number of piperidine rings is 1. The fraction of sp³-hybridized carbons (Fsp3) is 0.571. The van der Waals surface area contributed by atoms with Crippen molar-refractivity contribution in [1.29, 1.82) is 5.26 Å². The first kappa shape index (κ1) is 12.1. The van der Waals surface area contributed by atoms with E-state index in [1.54, 1.807) is 0 Å². The van der Waals surface area contributed by atoms with E-state index in [4.69, 9.17) is 0 Å². The van der Waals surface area contributed by atoms with Crippen LogP contribution in [0.4, 0.5) is 0 Å². The van der Waals surface area contributed by atoms with Gasteiger partial charge in [0.15, 0.2) is 0 Å². The number of rotatable bonds is 2. The molecule has 1 aromatic heterocycles. The molecule has 3 nitrogen and oxygen atoms in total. The maximum atomic E-state index is 9.22. The number of hydrogen-bond acceptors (Lipinski definition) is 3. The SMILES string of the molecule is CC1(C)C(C#N)CCCN1Cc1ccncc1. The molecule has 2 rings (SSSR count). The van der Waals surface area contributed by atoms with Crippen molar-refractivity contribution in [3.8, 4) is 6.07 Å². The van der Waals surface area contributed by atoms with E-state index < -0.39 is 0 Å². The lowest BCUT2D eigenvalue weighted by Crippen LogP contribution is -2.52. The van der Waals surface area contributed by atoms with Crippen LogP contribution in [0.3, 0.4) is 0 Å². The summed E-state index contributed by atoms with van der Waals surface area (Å²) in [7, 11) is 0. The minimum Gasteiger partial charge on any atom is -0.293 e. The van der Waals surface area contributed by atoms with Crippen molar-refractivity contribution in [3.05, 3.63) is 30.1 Å². The van der Waals surface area contributed by atoms with Crippen LogP contribution in [0.25, 0.3) is 0 Å². The molecular formula is C14H19N3. The smallest absolute Gasteiger partial charge is 0.0675 e. The van der Waals surface area contributed by atoms with Gasteiger partial charge in [-0.2, -0.15) is 5.26 Å². The molecular weight excluding hydrogens is 210 g/mol. The summed E-state index contributed by atoms with van der Waals surface area (Å²) >= 11 is 0. The van der Waals surface area contributed by atoms with E-state index in [0.29, 0.717) is 0 Å². The number of nitriles is 1. The molecule has 0 aromatic carbocycles. The Labute approximate surface area is 103 Å². The molecule has 0 bridgehead atoms. The van der Waals surface area contributed by atoms with Gasteiger partial charge in [-0.15, -0.1) is 0 Å². The molecule has 0 aliphatic carbocycles. The minimum atomic E-state index is -0.0315. The van der Waals surface area contributed by atoms with Gasteiger partial charge in [0.05, 0.1) is 12.0 Å². The highest BCUT2D eigenvalue weighted by molar-refractivity contribution is 5.12. The van der Waals surface area contributed by atoms with E-state index in [-0.39, 0.29) is 11.5 Å². The van der Waals surface area contributed by atoms with Crippen LogP contribution in [-0.4, -0.2) is 22.0 Å². The fourth-order valence-corrected chi connectivity index (χ4v) is 2.56. The molecule has 0 spiro atoms. The molecule has 1 aliphatic rings. The van der Waals surface area contributed by atoms with Gasteiger partial charge in [-0.3, -0.25) is 9.88 Å². The second-order valence-corrected chi connectivity index (χ2v) is 5.25. The molecule has 2 heterocycles. The number of aromatic nitrogens is 1. The average Bonchev–Trinajstić information content (AvgIpc) is 2.33. The van der Waals surface area contributed by atoms with E-state index in [1.165, 1.54) is 5.56 Å². The van der Waals surface area contributed by atoms with Gasteiger partial charge >= 0.3 is 0 Å². The van der Waals surface area contributed by atoms with Crippen molar-refractivity contribution < 1.29 is 0 Å². The summed E-state index contributed by atoms with van der Waals surface area (Å²) in [4.78, 5) is 6.45. The van der Waals surface area contributed by atoms with Gasteiger partial charge in [0.2, 0.25) is 0 Å². The van der Waals surface area contributed by atoms with Crippen LogP contribution in [0.2, 0.25) is 0 Å². The van der Waals surface area contributed by atoms with E-state index in [9.17, 15) is 5.26 Å².